The summed E-state index contributed by atoms with van der Waals surface area (Å²) in [7, 11) is 4.51. The van der Waals surface area contributed by atoms with E-state index in [1.165, 1.54) is 36.8 Å². The fourth-order valence-electron chi connectivity index (χ4n) is 3.75. The zero-order valence-electron chi connectivity index (χ0n) is 13.6. The zero-order valence-corrected chi connectivity index (χ0v) is 13.6. The van der Waals surface area contributed by atoms with Crippen LogP contribution in [-0.2, 0) is 6.42 Å². The summed E-state index contributed by atoms with van der Waals surface area (Å²) >= 11 is 0. The van der Waals surface area contributed by atoms with Crippen molar-refractivity contribution in [1.29, 1.82) is 0 Å². The Hall–Kier alpha value is -0.860. The van der Waals surface area contributed by atoms with Gasteiger partial charge < -0.3 is 10.2 Å². The highest BCUT2D eigenvalue weighted by Gasteiger charge is 2.42. The molecule has 2 rings (SSSR count). The molecule has 0 heterocycles. The van der Waals surface area contributed by atoms with Gasteiger partial charge in [0.2, 0.25) is 0 Å². The highest BCUT2D eigenvalue weighted by Crippen LogP contribution is 2.37. The number of hydrogen-bond acceptors (Lipinski definition) is 2. The number of nitrogens with one attached hydrogen (secondary N) is 1. The summed E-state index contributed by atoms with van der Waals surface area (Å²) in [5.41, 5.74) is 3.13. The second kappa shape index (κ2) is 6.73. The van der Waals surface area contributed by atoms with Crippen LogP contribution in [-0.4, -0.2) is 37.1 Å². The van der Waals surface area contributed by atoms with Crippen molar-refractivity contribution < 1.29 is 0 Å². The third-order valence-corrected chi connectivity index (χ3v) is 5.02. The van der Waals surface area contributed by atoms with E-state index in [0.29, 0.717) is 11.6 Å². The van der Waals surface area contributed by atoms with Crippen molar-refractivity contribution in [2.75, 3.05) is 20.6 Å². The number of benzene rings is 1. The van der Waals surface area contributed by atoms with E-state index in [2.05, 4.69) is 62.4 Å². The molecule has 1 aromatic carbocycles. The minimum absolute atomic E-state index is 0.334. The number of likely N-dealkylation sites (N-methyl/N-ethyl adjacent to an activating group) is 2. The summed E-state index contributed by atoms with van der Waals surface area (Å²) in [6.07, 6.45) is 6.52. The van der Waals surface area contributed by atoms with E-state index in [1.807, 2.05) is 0 Å². The first-order valence-corrected chi connectivity index (χ1v) is 8.05. The van der Waals surface area contributed by atoms with Crippen LogP contribution in [0.1, 0.15) is 43.7 Å². The first-order valence-electron chi connectivity index (χ1n) is 8.05. The van der Waals surface area contributed by atoms with E-state index in [1.54, 1.807) is 0 Å². The molecule has 1 unspecified atom stereocenters. The normalized spacial score (nSPS) is 19.4. The first-order chi connectivity index (χ1) is 9.58. The second-order valence-corrected chi connectivity index (χ2v) is 6.51. The highest BCUT2D eigenvalue weighted by molar-refractivity contribution is 5.23. The predicted molar refractivity (Wildman–Crippen MR) is 87.2 cm³/mol. The molecule has 0 spiro atoms. The van der Waals surface area contributed by atoms with Crippen molar-refractivity contribution in [3.8, 4) is 0 Å². The molecule has 0 aromatic heterocycles. The maximum atomic E-state index is 3.77. The molecule has 1 N–H and O–H groups in total. The fourth-order valence-corrected chi connectivity index (χ4v) is 3.75. The molecule has 0 radical (unpaired) electrons. The van der Waals surface area contributed by atoms with Gasteiger partial charge in [-0.2, -0.15) is 0 Å². The van der Waals surface area contributed by atoms with Gasteiger partial charge in [-0.15, -0.1) is 0 Å². The smallest absolute Gasteiger partial charge is 0.0359 e. The molecule has 2 nitrogen and oxygen atoms in total. The number of hydrogen-bond donors (Lipinski definition) is 1. The molecule has 1 saturated carbocycles. The van der Waals surface area contributed by atoms with Gasteiger partial charge in [-0.1, -0.05) is 49.6 Å². The van der Waals surface area contributed by atoms with Gasteiger partial charge in [0.05, 0.1) is 0 Å². The minimum atomic E-state index is 0.334. The Balaban J connectivity index is 2.19. The van der Waals surface area contributed by atoms with Crippen molar-refractivity contribution in [2.24, 2.45) is 0 Å². The largest absolute Gasteiger partial charge is 0.312 e. The van der Waals surface area contributed by atoms with Gasteiger partial charge >= 0.3 is 0 Å². The lowest BCUT2D eigenvalue weighted by molar-refractivity contribution is 0.105. The number of aryl methyl sites for hydroxylation is 1. The van der Waals surface area contributed by atoms with Crippen LogP contribution in [0.4, 0.5) is 0 Å². The van der Waals surface area contributed by atoms with Gasteiger partial charge in [0.1, 0.15) is 0 Å². The van der Waals surface area contributed by atoms with Crippen molar-refractivity contribution in [2.45, 2.75) is 57.5 Å². The molecule has 20 heavy (non-hydrogen) atoms. The van der Waals surface area contributed by atoms with E-state index in [0.717, 1.165) is 13.0 Å². The summed E-state index contributed by atoms with van der Waals surface area (Å²) < 4.78 is 0. The van der Waals surface area contributed by atoms with Gasteiger partial charge in [-0.05, 0) is 52.4 Å². The summed E-state index contributed by atoms with van der Waals surface area (Å²) in [6.45, 7) is 5.43. The summed E-state index contributed by atoms with van der Waals surface area (Å²) in [5.74, 6) is 0. The Morgan fingerprint density at radius 3 is 2.25 bits per heavy atom. The van der Waals surface area contributed by atoms with E-state index in [-0.39, 0.29) is 0 Å². The van der Waals surface area contributed by atoms with Crippen molar-refractivity contribution in [3.63, 3.8) is 0 Å². The quantitative estimate of drug-likeness (QED) is 0.855. The van der Waals surface area contributed by atoms with Crippen LogP contribution in [0.2, 0.25) is 0 Å². The topological polar surface area (TPSA) is 15.3 Å². The van der Waals surface area contributed by atoms with Crippen LogP contribution in [0.15, 0.2) is 24.3 Å². The Morgan fingerprint density at radius 2 is 1.75 bits per heavy atom. The molecule has 1 aromatic rings. The van der Waals surface area contributed by atoms with Crippen LogP contribution in [0.25, 0.3) is 0 Å². The van der Waals surface area contributed by atoms with E-state index >= 15 is 0 Å². The molecule has 0 saturated heterocycles. The molecule has 0 bridgehead atoms. The van der Waals surface area contributed by atoms with Crippen LogP contribution >= 0.6 is 0 Å². The van der Waals surface area contributed by atoms with Crippen molar-refractivity contribution in [1.82, 2.24) is 10.2 Å². The second-order valence-electron chi connectivity index (χ2n) is 6.51. The van der Waals surface area contributed by atoms with Crippen LogP contribution in [0.5, 0.6) is 0 Å². The summed E-state index contributed by atoms with van der Waals surface area (Å²) in [4.78, 5) is 2.47. The van der Waals surface area contributed by atoms with Crippen molar-refractivity contribution in [3.05, 3.63) is 35.4 Å². The third kappa shape index (κ3) is 3.24. The lowest BCUT2D eigenvalue weighted by Gasteiger charge is -2.44. The molecule has 0 amide bonds. The Kier molecular flexibility index (Phi) is 5.22. The van der Waals surface area contributed by atoms with Gasteiger partial charge in [0.25, 0.3) is 0 Å². The molecular weight excluding hydrogens is 244 g/mol. The average Bonchev–Trinajstić information content (AvgIpc) is 2.91. The SMILES string of the molecule is CCNC(Cc1ccc(C)cc1)C1(N(C)C)CCCC1. The average molecular weight is 274 g/mol. The Bertz CT molecular complexity index is 402. The fraction of sp³-hybridized carbons (Fsp3) is 0.667. The van der Waals surface area contributed by atoms with Gasteiger partial charge in [0.15, 0.2) is 0 Å². The number of nitrogens with zero attached hydrogens (tertiary/aromatic N) is 1. The maximum absolute atomic E-state index is 3.77. The minimum Gasteiger partial charge on any atom is -0.312 e. The maximum Gasteiger partial charge on any atom is 0.0359 e. The Morgan fingerprint density at radius 1 is 1.15 bits per heavy atom. The lowest BCUT2D eigenvalue weighted by atomic mass is 9.83. The molecule has 1 atom stereocenters. The monoisotopic (exact) mass is 274 g/mol. The van der Waals surface area contributed by atoms with Crippen LogP contribution in [0, 0.1) is 6.92 Å². The van der Waals surface area contributed by atoms with Crippen LogP contribution in [0.3, 0.4) is 0 Å². The molecular formula is C18H30N2. The van der Waals surface area contributed by atoms with Gasteiger partial charge in [-0.3, -0.25) is 0 Å². The number of rotatable bonds is 6. The van der Waals surface area contributed by atoms with E-state index in [4.69, 9.17) is 0 Å². The van der Waals surface area contributed by atoms with E-state index in [9.17, 15) is 0 Å². The molecule has 1 aliphatic carbocycles. The third-order valence-electron chi connectivity index (χ3n) is 5.02. The zero-order chi connectivity index (χ0) is 14.6. The molecule has 0 aliphatic heterocycles. The Labute approximate surface area is 124 Å². The highest BCUT2D eigenvalue weighted by atomic mass is 15.2. The van der Waals surface area contributed by atoms with Crippen LogP contribution < -0.4 is 5.32 Å². The molecule has 1 fully saturated rings. The standard InChI is InChI=1S/C18H30N2/c1-5-19-17(14-16-10-8-15(2)9-11-16)18(20(3)4)12-6-7-13-18/h8-11,17,19H,5-7,12-14H2,1-4H3. The predicted octanol–water partition coefficient (Wildman–Crippen LogP) is 3.39. The van der Waals surface area contributed by atoms with Gasteiger partial charge in [0, 0.05) is 11.6 Å². The van der Waals surface area contributed by atoms with E-state index < -0.39 is 0 Å². The molecule has 2 heteroatoms. The first kappa shape index (κ1) is 15.5. The lowest BCUT2D eigenvalue weighted by Crippen LogP contribution is -2.58. The summed E-state index contributed by atoms with van der Waals surface area (Å²) in [5, 5.41) is 3.77. The molecule has 112 valence electrons. The van der Waals surface area contributed by atoms with Gasteiger partial charge in [-0.25, -0.2) is 0 Å². The summed E-state index contributed by atoms with van der Waals surface area (Å²) in [6, 6.07) is 9.59. The van der Waals surface area contributed by atoms with Crippen molar-refractivity contribution >= 4 is 0 Å². The molecule has 1 aliphatic rings.